The zero-order chi connectivity index (χ0) is 34.4. The number of pyridine rings is 1. The van der Waals surface area contributed by atoms with Crippen LogP contribution in [0.1, 0.15) is 41.0 Å². The number of methoxy groups -OCH3 is 1. The first-order valence-electron chi connectivity index (χ1n) is 15.2. The molecule has 0 spiro atoms. The zero-order valence-electron chi connectivity index (χ0n) is 26.6. The molecule has 1 saturated heterocycles. The Morgan fingerprint density at radius 2 is 1.75 bits per heavy atom. The molecule has 0 bridgehead atoms. The molecule has 250 valence electrons. The minimum Gasteiger partial charge on any atom is -0.481 e. The number of anilines is 1. The number of carbonyl (C=O) groups excluding carboxylic acids is 2. The van der Waals surface area contributed by atoms with Gasteiger partial charge in [0.05, 0.1) is 28.5 Å². The smallest absolute Gasteiger partial charge is 0.346 e. The number of benzene rings is 2. The van der Waals surface area contributed by atoms with Crippen molar-refractivity contribution in [3.63, 3.8) is 0 Å². The molecule has 1 N–H and O–H groups in total. The van der Waals surface area contributed by atoms with Crippen LogP contribution in [0.25, 0.3) is 22.4 Å². The first-order valence-corrected chi connectivity index (χ1v) is 16.0. The third kappa shape index (κ3) is 5.86. The number of hydrogen-bond acceptors (Lipinski definition) is 8. The van der Waals surface area contributed by atoms with Gasteiger partial charge < -0.3 is 15.0 Å². The first-order chi connectivity index (χ1) is 22.9. The fourth-order valence-corrected chi connectivity index (χ4v) is 7.05. The van der Waals surface area contributed by atoms with E-state index in [0.717, 1.165) is 46.3 Å². The molecular weight excluding hydrogens is 664 g/mol. The van der Waals surface area contributed by atoms with Gasteiger partial charge in [0.2, 0.25) is 17.5 Å². The van der Waals surface area contributed by atoms with Crippen LogP contribution in [0.3, 0.4) is 0 Å². The number of aromatic nitrogens is 4. The lowest BCUT2D eigenvalue weighted by molar-refractivity contribution is -0.130. The zero-order valence-corrected chi connectivity index (χ0v) is 28.2. The van der Waals surface area contributed by atoms with Crippen molar-refractivity contribution in [2.45, 2.75) is 25.8 Å². The van der Waals surface area contributed by atoms with Gasteiger partial charge in [0.25, 0.3) is 11.5 Å². The van der Waals surface area contributed by atoms with Crippen LogP contribution < -0.4 is 21.3 Å². The van der Waals surface area contributed by atoms with E-state index in [9.17, 15) is 19.2 Å². The van der Waals surface area contributed by atoms with Gasteiger partial charge in [-0.1, -0.05) is 35.3 Å². The molecule has 3 heterocycles. The number of halogens is 3. The lowest BCUT2D eigenvalue weighted by Crippen LogP contribution is -2.48. The molecule has 1 aliphatic heterocycles. The number of hydrogen-bond donors (Lipinski definition) is 1. The van der Waals surface area contributed by atoms with E-state index in [1.807, 2.05) is 11.0 Å². The number of rotatable bonds is 6. The minimum absolute atomic E-state index is 0.00565. The lowest BCUT2D eigenvalue weighted by Gasteiger charge is -2.38. The molecule has 48 heavy (non-hydrogen) atoms. The van der Waals surface area contributed by atoms with Crippen LogP contribution in [0.4, 0.5) is 10.1 Å². The van der Waals surface area contributed by atoms with Crippen LogP contribution in [0.2, 0.25) is 10.0 Å². The minimum atomic E-state index is -0.904. The van der Waals surface area contributed by atoms with Gasteiger partial charge in [-0.2, -0.15) is 5.10 Å². The number of aryl methyl sites for hydroxylation is 2. The van der Waals surface area contributed by atoms with Gasteiger partial charge in [-0.15, -0.1) is 0 Å². The Morgan fingerprint density at radius 3 is 2.44 bits per heavy atom. The number of nitrogens with one attached hydrogen (secondary N) is 1. The summed E-state index contributed by atoms with van der Waals surface area (Å²) in [7, 11) is 4.11. The molecule has 0 unspecified atom stereocenters. The maximum Gasteiger partial charge on any atom is 0.346 e. The summed E-state index contributed by atoms with van der Waals surface area (Å²) in [6.07, 6.45) is 1.65. The highest BCUT2D eigenvalue weighted by molar-refractivity contribution is 6.39. The topological polar surface area (TPSA) is 132 Å². The van der Waals surface area contributed by atoms with E-state index in [-0.39, 0.29) is 38.8 Å². The second kappa shape index (κ2) is 13.1. The van der Waals surface area contributed by atoms with Gasteiger partial charge in [0, 0.05) is 75.5 Å². The molecule has 2 aromatic carbocycles. The maximum absolute atomic E-state index is 15.6. The van der Waals surface area contributed by atoms with Crippen molar-refractivity contribution in [2.75, 3.05) is 38.6 Å². The fourth-order valence-electron chi connectivity index (χ4n) is 6.43. The molecule has 12 nitrogen and oxygen atoms in total. The molecule has 1 aliphatic carbocycles. The average Bonchev–Trinajstić information content (AvgIpc) is 3.51. The van der Waals surface area contributed by atoms with Gasteiger partial charge in [0.1, 0.15) is 5.82 Å². The highest BCUT2D eigenvalue weighted by atomic mass is 35.5. The van der Waals surface area contributed by atoms with E-state index >= 15 is 4.39 Å². The Morgan fingerprint density at radius 1 is 1.02 bits per heavy atom. The predicted octanol–water partition coefficient (Wildman–Crippen LogP) is 4.07. The van der Waals surface area contributed by atoms with Gasteiger partial charge in [-0.25, -0.2) is 18.9 Å². The Hall–Kier alpha value is -4.59. The second-order valence-electron chi connectivity index (χ2n) is 11.7. The van der Waals surface area contributed by atoms with Crippen molar-refractivity contribution >= 4 is 40.7 Å². The van der Waals surface area contributed by atoms with Gasteiger partial charge in [-0.05, 0) is 42.7 Å². The van der Waals surface area contributed by atoms with E-state index in [4.69, 9.17) is 32.9 Å². The highest BCUT2D eigenvalue weighted by Crippen LogP contribution is 2.46. The molecule has 0 radical (unpaired) electrons. The number of nitrogens with zero attached hydrogens (tertiary/aromatic N) is 6. The Balaban J connectivity index is 1.34. The molecule has 2 aromatic heterocycles. The lowest BCUT2D eigenvalue weighted by atomic mass is 9.98. The molecule has 1 atom stereocenters. The Bertz CT molecular complexity index is 2090. The van der Waals surface area contributed by atoms with Gasteiger partial charge >= 0.3 is 5.69 Å². The van der Waals surface area contributed by atoms with Crippen molar-refractivity contribution in [3.05, 3.63) is 89.9 Å². The quantitative estimate of drug-likeness (QED) is 0.320. The van der Waals surface area contributed by atoms with Crippen LogP contribution >= 0.6 is 23.2 Å². The van der Waals surface area contributed by atoms with E-state index in [1.54, 1.807) is 32.2 Å². The fraction of sp³-hybridized carbons (Fsp3) is 0.333. The summed E-state index contributed by atoms with van der Waals surface area (Å²) in [6, 6.07) is 9.46. The normalized spacial score (nSPS) is 16.1. The standard InChI is InChI=1S/C33H32Cl2FN7O5/c1-17(44)42-12-14-43(15-13-42)24-11-8-18-16-23(38-31(48-4)25(18)24)19-9-10-21(36)26(28(19)35)20-6-5-7-22(27(20)34)37-30(45)29-32(46)40(2)33(47)41(3)39-29/h5-7,9-10,16,24H,8,11-15H2,1-4H3,(H,37,45)/t24-/m0/s1. The van der Waals surface area contributed by atoms with Crippen molar-refractivity contribution in [1.82, 2.24) is 29.1 Å². The number of carbonyl (C=O) groups is 2. The van der Waals surface area contributed by atoms with Crippen LogP contribution in [0.15, 0.2) is 46.0 Å². The van der Waals surface area contributed by atoms with Crippen LogP contribution in [-0.2, 0) is 25.3 Å². The first kappa shape index (κ1) is 33.3. The molecule has 4 aromatic rings. The summed E-state index contributed by atoms with van der Waals surface area (Å²) >= 11 is 13.6. The summed E-state index contributed by atoms with van der Waals surface area (Å²) in [5, 5.41) is 6.36. The molecule has 1 fully saturated rings. The highest BCUT2D eigenvalue weighted by Gasteiger charge is 2.35. The van der Waals surface area contributed by atoms with Gasteiger partial charge in [0.15, 0.2) is 0 Å². The van der Waals surface area contributed by atoms with Crippen molar-refractivity contribution in [3.8, 4) is 28.3 Å². The Kier molecular flexibility index (Phi) is 9.12. The van der Waals surface area contributed by atoms with E-state index in [2.05, 4.69) is 15.3 Å². The predicted molar refractivity (Wildman–Crippen MR) is 179 cm³/mol. The third-order valence-electron chi connectivity index (χ3n) is 8.94. The summed E-state index contributed by atoms with van der Waals surface area (Å²) in [6.45, 7) is 4.42. The summed E-state index contributed by atoms with van der Waals surface area (Å²) in [5.74, 6) is -1.02. The summed E-state index contributed by atoms with van der Waals surface area (Å²) in [4.78, 5) is 58.5. The largest absolute Gasteiger partial charge is 0.481 e. The average molecular weight is 697 g/mol. The number of piperazine rings is 1. The SMILES string of the molecule is COc1nc(-c2ccc(F)c(-c3cccc(NC(=O)c4nn(C)c(=O)n(C)c4=O)c3Cl)c2Cl)cc2c1[C@@H](N1CCN(C(C)=O)CC1)CC2. The summed E-state index contributed by atoms with van der Waals surface area (Å²) in [5.41, 5.74) is 1.17. The molecule has 15 heteroatoms. The van der Waals surface area contributed by atoms with E-state index < -0.39 is 28.7 Å². The molecule has 0 saturated carbocycles. The van der Waals surface area contributed by atoms with Gasteiger partial charge in [-0.3, -0.25) is 23.9 Å². The van der Waals surface area contributed by atoms with Crippen LogP contribution in [-0.4, -0.2) is 74.2 Å². The van der Waals surface area contributed by atoms with E-state index in [0.29, 0.717) is 30.2 Å². The maximum atomic E-state index is 15.6. The molecule has 6 rings (SSSR count). The van der Waals surface area contributed by atoms with Crippen molar-refractivity contribution in [2.24, 2.45) is 14.1 Å². The van der Waals surface area contributed by atoms with Crippen molar-refractivity contribution in [1.29, 1.82) is 0 Å². The van der Waals surface area contributed by atoms with Crippen molar-refractivity contribution < 1.29 is 18.7 Å². The number of ether oxygens (including phenoxy) is 1. The van der Waals surface area contributed by atoms with Crippen LogP contribution in [0.5, 0.6) is 5.88 Å². The Labute approximate surface area is 284 Å². The second-order valence-corrected chi connectivity index (χ2v) is 12.5. The monoisotopic (exact) mass is 695 g/mol. The van der Waals surface area contributed by atoms with E-state index in [1.165, 1.54) is 26.2 Å². The molecular formula is C33H32Cl2FN7O5. The molecule has 2 aliphatic rings. The van der Waals surface area contributed by atoms with Crippen LogP contribution in [0, 0.1) is 5.82 Å². The number of amides is 2. The number of fused-ring (bicyclic) bond motifs is 1. The third-order valence-corrected chi connectivity index (χ3v) is 9.74. The molecule has 2 amide bonds. The summed E-state index contributed by atoms with van der Waals surface area (Å²) < 4.78 is 23.0.